The van der Waals surface area contributed by atoms with Crippen LogP contribution in [0.15, 0.2) is 24.3 Å². The molecule has 1 aliphatic rings. The summed E-state index contributed by atoms with van der Waals surface area (Å²) in [5.74, 6) is 0.404. The molecule has 1 atom stereocenters. The van der Waals surface area contributed by atoms with Crippen LogP contribution in [0.25, 0.3) is 0 Å². The zero-order valence-electron chi connectivity index (χ0n) is 10.3. The fourth-order valence-electron chi connectivity index (χ4n) is 2.10. The molecule has 0 bridgehead atoms. The quantitative estimate of drug-likeness (QED) is 0.771. The molecular weight excluding hydrogens is 217 g/mol. The van der Waals surface area contributed by atoms with Crippen LogP contribution in [0.5, 0.6) is 0 Å². The molecule has 1 aromatic carbocycles. The summed E-state index contributed by atoms with van der Waals surface area (Å²) < 4.78 is 13.0. The van der Waals surface area contributed by atoms with Gasteiger partial charge in [-0.15, -0.1) is 0 Å². The van der Waals surface area contributed by atoms with Crippen molar-refractivity contribution in [1.82, 2.24) is 4.90 Å². The normalized spacial score (nSPS) is 20.0. The van der Waals surface area contributed by atoms with Crippen LogP contribution in [0.4, 0.5) is 4.39 Å². The van der Waals surface area contributed by atoms with Crippen molar-refractivity contribution in [1.29, 1.82) is 0 Å². The van der Waals surface area contributed by atoms with E-state index in [1.165, 1.54) is 5.56 Å². The van der Waals surface area contributed by atoms with Gasteiger partial charge in [-0.25, -0.2) is 4.39 Å². The lowest BCUT2D eigenvalue weighted by molar-refractivity contribution is 0.0783. The molecule has 2 rings (SSSR count). The molecule has 1 heterocycles. The summed E-state index contributed by atoms with van der Waals surface area (Å²) in [5, 5.41) is 0. The highest BCUT2D eigenvalue weighted by molar-refractivity contribution is 5.94. The molecule has 0 spiro atoms. The number of benzene rings is 1. The van der Waals surface area contributed by atoms with Crippen LogP contribution >= 0.6 is 0 Å². The van der Waals surface area contributed by atoms with Gasteiger partial charge in [-0.2, -0.15) is 0 Å². The predicted octanol–water partition coefficient (Wildman–Crippen LogP) is 2.99. The van der Waals surface area contributed by atoms with E-state index in [1.54, 1.807) is 4.90 Å². The van der Waals surface area contributed by atoms with Gasteiger partial charge in [-0.05, 0) is 30.0 Å². The lowest BCUT2D eigenvalue weighted by atomic mass is 10.0. The van der Waals surface area contributed by atoms with Crippen molar-refractivity contribution in [2.24, 2.45) is 0 Å². The predicted molar refractivity (Wildman–Crippen MR) is 65.9 cm³/mol. The molecule has 0 radical (unpaired) electrons. The molecule has 3 heteroatoms. The summed E-state index contributed by atoms with van der Waals surface area (Å²) in [6.45, 7) is 5.01. The van der Waals surface area contributed by atoms with E-state index in [0.717, 1.165) is 0 Å². The first-order chi connectivity index (χ1) is 8.08. The number of likely N-dealkylation sites (tertiary alicyclic amines) is 1. The van der Waals surface area contributed by atoms with Crippen molar-refractivity contribution in [2.45, 2.75) is 32.4 Å². The van der Waals surface area contributed by atoms with Gasteiger partial charge in [0, 0.05) is 12.1 Å². The minimum absolute atomic E-state index is 0.0551. The first kappa shape index (κ1) is 12.1. The SMILES string of the molecule is CC(C)c1ccc(C(=O)N2CCC(F)C2)cc1. The van der Waals surface area contributed by atoms with Crippen LogP contribution in [0.2, 0.25) is 0 Å². The van der Waals surface area contributed by atoms with Crippen molar-refractivity contribution >= 4 is 5.91 Å². The lowest BCUT2D eigenvalue weighted by Gasteiger charge is -2.15. The number of carbonyl (C=O) groups is 1. The molecule has 0 N–H and O–H groups in total. The van der Waals surface area contributed by atoms with Crippen LogP contribution in [0.3, 0.4) is 0 Å². The summed E-state index contributed by atoms with van der Waals surface area (Å²) in [5.41, 5.74) is 1.87. The maximum atomic E-state index is 13.0. The molecular formula is C14H18FNO. The largest absolute Gasteiger partial charge is 0.336 e. The van der Waals surface area contributed by atoms with Crippen molar-refractivity contribution < 1.29 is 9.18 Å². The first-order valence-corrected chi connectivity index (χ1v) is 6.11. The maximum absolute atomic E-state index is 13.0. The average molecular weight is 235 g/mol. The number of hydrogen-bond acceptors (Lipinski definition) is 1. The number of carbonyl (C=O) groups excluding carboxylic acids is 1. The lowest BCUT2D eigenvalue weighted by Crippen LogP contribution is -2.28. The van der Waals surface area contributed by atoms with E-state index in [9.17, 15) is 9.18 Å². The van der Waals surface area contributed by atoms with E-state index in [0.29, 0.717) is 24.4 Å². The highest BCUT2D eigenvalue weighted by atomic mass is 19.1. The summed E-state index contributed by atoms with van der Waals surface area (Å²) in [7, 11) is 0. The summed E-state index contributed by atoms with van der Waals surface area (Å²) in [4.78, 5) is 13.6. The van der Waals surface area contributed by atoms with Gasteiger partial charge in [0.2, 0.25) is 0 Å². The van der Waals surface area contributed by atoms with E-state index in [4.69, 9.17) is 0 Å². The molecule has 1 saturated heterocycles. The van der Waals surface area contributed by atoms with Crippen LogP contribution in [0, 0.1) is 0 Å². The van der Waals surface area contributed by atoms with Crippen molar-refractivity contribution in [3.63, 3.8) is 0 Å². The van der Waals surface area contributed by atoms with E-state index in [1.807, 2.05) is 24.3 Å². The van der Waals surface area contributed by atoms with Crippen molar-refractivity contribution in [3.8, 4) is 0 Å². The molecule has 1 amide bonds. The standard InChI is InChI=1S/C14H18FNO/c1-10(2)11-3-5-12(6-4-11)14(17)16-8-7-13(15)9-16/h3-6,10,13H,7-9H2,1-2H3. The van der Waals surface area contributed by atoms with E-state index >= 15 is 0 Å². The Balaban J connectivity index is 2.09. The third-order valence-electron chi connectivity index (χ3n) is 3.24. The summed E-state index contributed by atoms with van der Waals surface area (Å²) in [6.07, 6.45) is -0.385. The zero-order valence-corrected chi connectivity index (χ0v) is 10.3. The second kappa shape index (κ2) is 4.86. The molecule has 0 saturated carbocycles. The smallest absolute Gasteiger partial charge is 0.253 e. The van der Waals surface area contributed by atoms with Gasteiger partial charge in [0.25, 0.3) is 5.91 Å². The molecule has 1 aliphatic heterocycles. The first-order valence-electron chi connectivity index (χ1n) is 6.11. The third kappa shape index (κ3) is 2.65. The Morgan fingerprint density at radius 1 is 1.35 bits per heavy atom. The van der Waals surface area contributed by atoms with Gasteiger partial charge in [-0.1, -0.05) is 26.0 Å². The Labute approximate surface area is 101 Å². The van der Waals surface area contributed by atoms with Crippen molar-refractivity contribution in [3.05, 3.63) is 35.4 Å². The van der Waals surface area contributed by atoms with Crippen LogP contribution in [-0.2, 0) is 0 Å². The van der Waals surface area contributed by atoms with Crippen LogP contribution in [0.1, 0.15) is 42.1 Å². The Morgan fingerprint density at radius 3 is 2.47 bits per heavy atom. The second-order valence-electron chi connectivity index (χ2n) is 4.91. The Hall–Kier alpha value is -1.38. The number of amides is 1. The van der Waals surface area contributed by atoms with Gasteiger partial charge in [0.1, 0.15) is 6.17 Å². The number of hydrogen-bond donors (Lipinski definition) is 0. The number of halogens is 1. The van der Waals surface area contributed by atoms with Gasteiger partial charge in [0.05, 0.1) is 6.54 Å². The van der Waals surface area contributed by atoms with Crippen LogP contribution < -0.4 is 0 Å². The number of alkyl halides is 1. The molecule has 1 fully saturated rings. The fraction of sp³-hybridized carbons (Fsp3) is 0.500. The van der Waals surface area contributed by atoms with E-state index in [2.05, 4.69) is 13.8 Å². The monoisotopic (exact) mass is 235 g/mol. The minimum atomic E-state index is -0.853. The number of rotatable bonds is 2. The topological polar surface area (TPSA) is 20.3 Å². The minimum Gasteiger partial charge on any atom is -0.336 e. The van der Waals surface area contributed by atoms with Gasteiger partial charge in [-0.3, -0.25) is 4.79 Å². The Kier molecular flexibility index (Phi) is 3.46. The molecule has 92 valence electrons. The van der Waals surface area contributed by atoms with E-state index in [-0.39, 0.29) is 12.5 Å². The fourth-order valence-corrected chi connectivity index (χ4v) is 2.10. The molecule has 17 heavy (non-hydrogen) atoms. The van der Waals surface area contributed by atoms with E-state index < -0.39 is 6.17 Å². The van der Waals surface area contributed by atoms with Gasteiger partial charge >= 0.3 is 0 Å². The summed E-state index contributed by atoms with van der Waals surface area (Å²) in [6, 6.07) is 7.62. The Morgan fingerprint density at radius 2 is 2.00 bits per heavy atom. The second-order valence-corrected chi connectivity index (χ2v) is 4.91. The van der Waals surface area contributed by atoms with Crippen molar-refractivity contribution in [2.75, 3.05) is 13.1 Å². The molecule has 2 nitrogen and oxygen atoms in total. The summed E-state index contributed by atoms with van der Waals surface area (Å²) >= 11 is 0. The van der Waals surface area contributed by atoms with Gasteiger partial charge < -0.3 is 4.90 Å². The van der Waals surface area contributed by atoms with Gasteiger partial charge in [0.15, 0.2) is 0 Å². The Bertz CT molecular complexity index is 399. The molecule has 0 aliphatic carbocycles. The highest BCUT2D eigenvalue weighted by Crippen LogP contribution is 2.18. The zero-order chi connectivity index (χ0) is 12.4. The molecule has 1 aromatic rings. The van der Waals surface area contributed by atoms with Crippen LogP contribution in [-0.4, -0.2) is 30.1 Å². The average Bonchev–Trinajstić information content (AvgIpc) is 2.75. The molecule has 0 aromatic heterocycles. The highest BCUT2D eigenvalue weighted by Gasteiger charge is 2.26. The molecule has 1 unspecified atom stereocenters. The third-order valence-corrected chi connectivity index (χ3v) is 3.24. The maximum Gasteiger partial charge on any atom is 0.253 e. The number of nitrogens with zero attached hydrogens (tertiary/aromatic N) is 1.